The van der Waals surface area contributed by atoms with Gasteiger partial charge < -0.3 is 15.4 Å². The van der Waals surface area contributed by atoms with Gasteiger partial charge in [-0.1, -0.05) is 25.3 Å². The van der Waals surface area contributed by atoms with Crippen molar-refractivity contribution in [1.29, 1.82) is 0 Å². The van der Waals surface area contributed by atoms with Crippen LogP contribution in [0.15, 0.2) is 24.3 Å². The fourth-order valence-corrected chi connectivity index (χ4v) is 4.03. The van der Waals surface area contributed by atoms with Crippen LogP contribution >= 0.6 is 0 Å². The molecule has 0 aromatic heterocycles. The monoisotopic (exact) mass is 387 g/mol. The van der Waals surface area contributed by atoms with Crippen molar-refractivity contribution < 1.29 is 14.3 Å². The third-order valence-corrected chi connectivity index (χ3v) is 5.92. The number of hydrogen-bond acceptors (Lipinski definition) is 4. The summed E-state index contributed by atoms with van der Waals surface area (Å²) in [7, 11) is 0. The van der Waals surface area contributed by atoms with Gasteiger partial charge in [-0.3, -0.25) is 14.5 Å². The number of morpholine rings is 1. The summed E-state index contributed by atoms with van der Waals surface area (Å²) in [6.45, 7) is 8.07. The van der Waals surface area contributed by atoms with Gasteiger partial charge in [0.2, 0.25) is 5.91 Å². The first-order valence-electron chi connectivity index (χ1n) is 10.5. The van der Waals surface area contributed by atoms with Crippen molar-refractivity contribution in [3.05, 3.63) is 29.8 Å². The van der Waals surface area contributed by atoms with Crippen molar-refractivity contribution in [2.24, 2.45) is 5.92 Å². The van der Waals surface area contributed by atoms with Gasteiger partial charge in [-0.05, 0) is 44.9 Å². The van der Waals surface area contributed by atoms with E-state index < -0.39 is 0 Å². The molecule has 2 N–H and O–H groups in total. The molecular formula is C22H33N3O3. The number of benzene rings is 1. The normalized spacial score (nSPS) is 19.2. The molecule has 0 spiro atoms. The van der Waals surface area contributed by atoms with Crippen LogP contribution < -0.4 is 10.6 Å². The van der Waals surface area contributed by atoms with Crippen LogP contribution in [0.25, 0.3) is 0 Å². The summed E-state index contributed by atoms with van der Waals surface area (Å²) in [5.41, 5.74) is 1.13. The highest BCUT2D eigenvalue weighted by Gasteiger charge is 2.28. The lowest BCUT2D eigenvalue weighted by molar-refractivity contribution is -0.120. The lowest BCUT2D eigenvalue weighted by Gasteiger charge is -2.40. The summed E-state index contributed by atoms with van der Waals surface area (Å²) >= 11 is 0. The van der Waals surface area contributed by atoms with E-state index in [1.54, 1.807) is 12.1 Å². The minimum absolute atomic E-state index is 0.0747. The van der Waals surface area contributed by atoms with Crippen LogP contribution in [0.4, 0.5) is 5.69 Å². The van der Waals surface area contributed by atoms with Crippen molar-refractivity contribution in [2.45, 2.75) is 51.5 Å². The van der Waals surface area contributed by atoms with Gasteiger partial charge >= 0.3 is 0 Å². The van der Waals surface area contributed by atoms with Gasteiger partial charge in [-0.2, -0.15) is 0 Å². The van der Waals surface area contributed by atoms with E-state index in [0.29, 0.717) is 17.8 Å². The molecule has 1 heterocycles. The Hall–Kier alpha value is -1.92. The Balaban J connectivity index is 1.55. The number of carbonyl (C=O) groups is 2. The van der Waals surface area contributed by atoms with Gasteiger partial charge in [0, 0.05) is 42.3 Å². The van der Waals surface area contributed by atoms with Crippen molar-refractivity contribution in [3.8, 4) is 0 Å². The second kappa shape index (κ2) is 9.52. The molecule has 1 aromatic rings. The van der Waals surface area contributed by atoms with Gasteiger partial charge in [0.05, 0.1) is 13.2 Å². The SMILES string of the molecule is CC(C)(CNC(=O)c1cccc(NC(=O)C2CCCCC2)c1)N1CCOCC1. The molecule has 2 fully saturated rings. The Kier molecular flexibility index (Phi) is 7.08. The third kappa shape index (κ3) is 5.55. The zero-order valence-corrected chi connectivity index (χ0v) is 17.1. The summed E-state index contributed by atoms with van der Waals surface area (Å²) in [6, 6.07) is 7.21. The molecule has 1 aromatic carbocycles. The quantitative estimate of drug-likeness (QED) is 0.787. The molecule has 0 bridgehead atoms. The molecule has 1 aliphatic heterocycles. The van der Waals surface area contributed by atoms with Crippen LogP contribution in [0.3, 0.4) is 0 Å². The first kappa shape index (κ1) is 20.8. The van der Waals surface area contributed by atoms with E-state index >= 15 is 0 Å². The molecule has 0 radical (unpaired) electrons. The average molecular weight is 388 g/mol. The summed E-state index contributed by atoms with van der Waals surface area (Å²) in [6.07, 6.45) is 5.39. The fraction of sp³-hybridized carbons (Fsp3) is 0.636. The second-order valence-corrected chi connectivity index (χ2v) is 8.50. The molecule has 1 saturated heterocycles. The van der Waals surface area contributed by atoms with E-state index in [0.717, 1.165) is 52.0 Å². The Morgan fingerprint density at radius 3 is 2.57 bits per heavy atom. The van der Waals surface area contributed by atoms with E-state index in [1.807, 2.05) is 12.1 Å². The Labute approximate surface area is 168 Å². The lowest BCUT2D eigenvalue weighted by Crippen LogP contribution is -2.55. The van der Waals surface area contributed by atoms with E-state index in [4.69, 9.17) is 4.74 Å². The van der Waals surface area contributed by atoms with Gasteiger partial charge in [-0.15, -0.1) is 0 Å². The predicted octanol–water partition coefficient (Wildman–Crippen LogP) is 3.05. The Morgan fingerprint density at radius 1 is 1.14 bits per heavy atom. The molecule has 28 heavy (non-hydrogen) atoms. The molecule has 6 heteroatoms. The van der Waals surface area contributed by atoms with Gasteiger partial charge in [-0.25, -0.2) is 0 Å². The fourth-order valence-electron chi connectivity index (χ4n) is 4.03. The number of nitrogens with zero attached hydrogens (tertiary/aromatic N) is 1. The molecule has 154 valence electrons. The topological polar surface area (TPSA) is 70.7 Å². The maximum Gasteiger partial charge on any atom is 0.251 e. The average Bonchev–Trinajstić information content (AvgIpc) is 2.73. The number of anilines is 1. The smallest absolute Gasteiger partial charge is 0.251 e. The Bertz CT molecular complexity index is 677. The molecule has 0 atom stereocenters. The van der Waals surface area contributed by atoms with Gasteiger partial charge in [0.15, 0.2) is 0 Å². The number of ether oxygens (including phenoxy) is 1. The standard InChI is InChI=1S/C22H33N3O3/c1-22(2,25-11-13-28-14-12-25)16-23-20(26)18-9-6-10-19(15-18)24-21(27)17-7-4-3-5-8-17/h6,9-10,15,17H,3-5,7-8,11-14,16H2,1-2H3,(H,23,26)(H,24,27). The van der Waals surface area contributed by atoms with Crippen molar-refractivity contribution >= 4 is 17.5 Å². The molecule has 6 nitrogen and oxygen atoms in total. The molecule has 3 rings (SSSR count). The van der Waals surface area contributed by atoms with Crippen LogP contribution in [-0.2, 0) is 9.53 Å². The molecule has 1 saturated carbocycles. The van der Waals surface area contributed by atoms with Crippen molar-refractivity contribution in [3.63, 3.8) is 0 Å². The van der Waals surface area contributed by atoms with Crippen LogP contribution in [0, 0.1) is 5.92 Å². The number of nitrogens with one attached hydrogen (secondary N) is 2. The van der Waals surface area contributed by atoms with Crippen LogP contribution in [0.1, 0.15) is 56.3 Å². The predicted molar refractivity (Wildman–Crippen MR) is 110 cm³/mol. The Morgan fingerprint density at radius 2 is 1.86 bits per heavy atom. The molecule has 2 amide bonds. The minimum Gasteiger partial charge on any atom is -0.379 e. The molecular weight excluding hydrogens is 354 g/mol. The lowest BCUT2D eigenvalue weighted by atomic mass is 9.88. The minimum atomic E-state index is -0.133. The summed E-state index contributed by atoms with van der Waals surface area (Å²) in [4.78, 5) is 27.4. The number of hydrogen-bond donors (Lipinski definition) is 2. The van der Waals surface area contributed by atoms with Gasteiger partial charge in [0.1, 0.15) is 0 Å². The molecule has 1 aliphatic carbocycles. The first-order chi connectivity index (χ1) is 13.5. The largest absolute Gasteiger partial charge is 0.379 e. The summed E-state index contributed by atoms with van der Waals surface area (Å²) < 4.78 is 5.41. The van der Waals surface area contributed by atoms with Crippen LogP contribution in [0.5, 0.6) is 0 Å². The van der Waals surface area contributed by atoms with E-state index in [-0.39, 0.29) is 23.3 Å². The maximum absolute atomic E-state index is 12.6. The maximum atomic E-state index is 12.6. The van der Waals surface area contributed by atoms with Crippen LogP contribution in [0.2, 0.25) is 0 Å². The second-order valence-electron chi connectivity index (χ2n) is 8.50. The first-order valence-corrected chi connectivity index (χ1v) is 10.5. The van der Waals surface area contributed by atoms with Gasteiger partial charge in [0.25, 0.3) is 5.91 Å². The highest BCUT2D eigenvalue weighted by Crippen LogP contribution is 2.25. The number of carbonyl (C=O) groups excluding carboxylic acids is 2. The highest BCUT2D eigenvalue weighted by molar-refractivity contribution is 5.97. The number of amides is 2. The van der Waals surface area contributed by atoms with Crippen molar-refractivity contribution in [2.75, 3.05) is 38.2 Å². The van der Waals surface area contributed by atoms with Crippen molar-refractivity contribution in [1.82, 2.24) is 10.2 Å². The third-order valence-electron chi connectivity index (χ3n) is 5.92. The highest BCUT2D eigenvalue weighted by atomic mass is 16.5. The van der Waals surface area contributed by atoms with E-state index in [2.05, 4.69) is 29.4 Å². The van der Waals surface area contributed by atoms with Crippen LogP contribution in [-0.4, -0.2) is 55.1 Å². The molecule has 2 aliphatic rings. The molecule has 0 unspecified atom stereocenters. The zero-order valence-electron chi connectivity index (χ0n) is 17.1. The number of rotatable bonds is 6. The summed E-state index contributed by atoms with van der Waals surface area (Å²) in [5, 5.41) is 6.04. The zero-order chi connectivity index (χ0) is 20.0. The summed E-state index contributed by atoms with van der Waals surface area (Å²) in [5.74, 6) is 0.0568. The van der Waals surface area contributed by atoms with E-state index in [1.165, 1.54) is 6.42 Å². The van der Waals surface area contributed by atoms with E-state index in [9.17, 15) is 9.59 Å².